The summed E-state index contributed by atoms with van der Waals surface area (Å²) in [6.07, 6.45) is -2.60. The molecule has 1 aromatic heterocycles. The number of rotatable bonds is 10. The Bertz CT molecular complexity index is 1000. The Balaban J connectivity index is 2.03. The van der Waals surface area contributed by atoms with Gasteiger partial charge in [0.25, 0.3) is 5.56 Å². The van der Waals surface area contributed by atoms with Crippen LogP contribution >= 0.6 is 23.9 Å². The van der Waals surface area contributed by atoms with Gasteiger partial charge >= 0.3 is 29.6 Å². The molecule has 2 rings (SSSR count). The van der Waals surface area contributed by atoms with E-state index in [-0.39, 0.29) is 0 Å². The number of nitrogens with one attached hydrogen (secondary N) is 2. The second-order valence-electron chi connectivity index (χ2n) is 5.15. The van der Waals surface area contributed by atoms with Crippen molar-refractivity contribution in [2.24, 2.45) is 5.18 Å². The van der Waals surface area contributed by atoms with Crippen LogP contribution in [-0.2, 0) is 36.7 Å². The first-order valence-corrected chi connectivity index (χ1v) is 11.3. The highest BCUT2D eigenvalue weighted by atomic mass is 31.2. The molecule has 1 saturated heterocycles. The van der Waals surface area contributed by atoms with Gasteiger partial charge in [-0.2, -0.15) is 4.91 Å². The molecule has 0 radical (unpaired) electrons. The molecule has 0 amide bonds. The third kappa shape index (κ3) is 6.64. The average Bonchev–Trinajstić information content (AvgIpc) is 2.93. The summed E-state index contributed by atoms with van der Waals surface area (Å²) in [5, 5.41) is 13.1. The maximum atomic E-state index is 11.8. The molecule has 1 fully saturated rings. The lowest BCUT2D eigenvalue weighted by molar-refractivity contribution is -0.124. The van der Waals surface area contributed by atoms with Gasteiger partial charge in [-0.1, -0.05) is 9.85 Å². The summed E-state index contributed by atoms with van der Waals surface area (Å²) in [5.74, 6) is 0. The summed E-state index contributed by atoms with van der Waals surface area (Å²) < 4.78 is 48.4. The quantitative estimate of drug-likeness (QED) is 0.0925. The van der Waals surface area contributed by atoms with E-state index in [1.165, 1.54) is 0 Å². The Morgan fingerprint density at radius 2 is 1.97 bits per heavy atom. The second kappa shape index (κ2) is 9.61. The molecule has 5 atom stereocenters. The fraction of sp³-hybridized carbons (Fsp3) is 0.500. The number of hydrogen-bond acceptors (Lipinski definition) is 14. The molecular weight excluding hydrogens is 485 g/mol. The van der Waals surface area contributed by atoms with Crippen LogP contribution < -0.4 is 16.3 Å². The zero-order valence-electron chi connectivity index (χ0n) is 14.0. The van der Waals surface area contributed by atoms with Gasteiger partial charge in [0.2, 0.25) is 0 Å². The third-order valence-electron chi connectivity index (χ3n) is 3.10. The minimum atomic E-state index is -5.23. The van der Waals surface area contributed by atoms with E-state index in [9.17, 15) is 38.2 Å². The standard InChI is InChI=1S/C8H11N4O15P3/c13-6-3(1-9-8(15)10-6)12-7(14)5(11-16)4(24-12)2-23-30(21,22)27-28(17)25-26-29(18,19)20/h1,4-5,7,14H,2H2,(H4-,9,10,13,15,18,19,20,21,22)/p+1. The van der Waals surface area contributed by atoms with Crippen LogP contribution in [0.4, 0.5) is 5.69 Å². The number of aliphatic hydroxyl groups is 1. The molecule has 1 aromatic rings. The molecule has 5 unspecified atom stereocenters. The van der Waals surface area contributed by atoms with Crippen molar-refractivity contribution < 1.29 is 56.5 Å². The maximum absolute atomic E-state index is 11.8. The van der Waals surface area contributed by atoms with E-state index >= 15 is 0 Å². The summed E-state index contributed by atoms with van der Waals surface area (Å²) in [6.45, 7) is -0.998. The highest BCUT2D eigenvalue weighted by molar-refractivity contribution is 7.56. The molecule has 0 bridgehead atoms. The zero-order valence-corrected chi connectivity index (χ0v) is 16.7. The Morgan fingerprint density at radius 1 is 1.30 bits per heavy atom. The minimum Gasteiger partial charge on any atom is -0.369 e. The number of hydroxylamine groups is 1. The lowest BCUT2D eigenvalue weighted by atomic mass is 10.2. The third-order valence-corrected chi connectivity index (χ3v) is 5.51. The Hall–Kier alpha value is -1.72. The summed E-state index contributed by atoms with van der Waals surface area (Å²) in [4.78, 5) is 68.9. The van der Waals surface area contributed by atoms with Gasteiger partial charge in [-0.15, -0.1) is 0 Å². The van der Waals surface area contributed by atoms with Gasteiger partial charge in [0, 0.05) is 10.8 Å². The molecule has 0 spiro atoms. The number of hydrogen-bond donors (Lipinski definition) is 6. The van der Waals surface area contributed by atoms with Crippen molar-refractivity contribution in [1.29, 1.82) is 0 Å². The highest BCUT2D eigenvalue weighted by Crippen LogP contribution is 2.54. The van der Waals surface area contributed by atoms with Crippen molar-refractivity contribution in [2.45, 2.75) is 18.4 Å². The van der Waals surface area contributed by atoms with Crippen LogP contribution in [0.2, 0.25) is 0 Å². The van der Waals surface area contributed by atoms with E-state index in [1.54, 1.807) is 0 Å². The number of aromatic nitrogens is 2. The Labute approximate surface area is 164 Å². The molecule has 168 valence electrons. The van der Waals surface area contributed by atoms with Gasteiger partial charge in [-0.3, -0.25) is 24.0 Å². The molecule has 2 heterocycles. The van der Waals surface area contributed by atoms with Crippen LogP contribution in [-0.4, -0.2) is 54.7 Å². The summed E-state index contributed by atoms with van der Waals surface area (Å²) >= 11 is 0. The van der Waals surface area contributed by atoms with Gasteiger partial charge in [0.15, 0.2) is 12.3 Å². The van der Waals surface area contributed by atoms with Crippen molar-refractivity contribution in [3.8, 4) is 0 Å². The predicted octanol–water partition coefficient (Wildman–Crippen LogP) is -1.53. The van der Waals surface area contributed by atoms with E-state index in [4.69, 9.17) is 14.6 Å². The molecule has 30 heavy (non-hydrogen) atoms. The van der Waals surface area contributed by atoms with Crippen molar-refractivity contribution >= 4 is 29.6 Å². The lowest BCUT2D eigenvalue weighted by Gasteiger charge is -2.19. The largest absolute Gasteiger partial charge is 0.740 e. The number of aliphatic hydroxyl groups excluding tert-OH is 1. The van der Waals surface area contributed by atoms with Crippen molar-refractivity contribution in [2.75, 3.05) is 11.7 Å². The van der Waals surface area contributed by atoms with Crippen molar-refractivity contribution in [3.63, 3.8) is 0 Å². The van der Waals surface area contributed by atoms with Crippen LogP contribution in [0.1, 0.15) is 0 Å². The summed E-state index contributed by atoms with van der Waals surface area (Å²) in [6, 6.07) is -1.67. The zero-order chi connectivity index (χ0) is 22.7. The van der Waals surface area contributed by atoms with Crippen molar-refractivity contribution in [1.82, 2.24) is 9.97 Å². The van der Waals surface area contributed by atoms with Gasteiger partial charge in [0.1, 0.15) is 11.8 Å². The van der Waals surface area contributed by atoms with Crippen LogP contribution in [0.25, 0.3) is 0 Å². The fourth-order valence-corrected chi connectivity index (χ4v) is 3.85. The monoisotopic (exact) mass is 497 g/mol. The lowest BCUT2D eigenvalue weighted by Crippen LogP contribution is -2.38. The molecule has 6 N–H and O–H groups in total. The van der Waals surface area contributed by atoms with Crippen LogP contribution in [0.15, 0.2) is 21.0 Å². The first-order valence-electron chi connectivity index (χ1n) is 7.18. The highest BCUT2D eigenvalue weighted by Gasteiger charge is 2.48. The first-order chi connectivity index (χ1) is 13.8. The van der Waals surface area contributed by atoms with Crippen LogP contribution in [0.3, 0.4) is 0 Å². The fourth-order valence-electron chi connectivity index (χ4n) is 1.98. The number of phosphoric ester groups is 1. The molecule has 22 heteroatoms. The molecular formula is C8H12N4O15P3+. The van der Waals surface area contributed by atoms with Gasteiger partial charge in [-0.25, -0.2) is 19.0 Å². The second-order valence-corrected chi connectivity index (χ2v) is 8.72. The molecule has 1 aliphatic heterocycles. The number of anilines is 1. The molecule has 0 aromatic carbocycles. The van der Waals surface area contributed by atoms with E-state index in [0.29, 0.717) is 5.06 Å². The van der Waals surface area contributed by atoms with Gasteiger partial charge in [-0.05, 0) is 4.31 Å². The van der Waals surface area contributed by atoms with E-state index < -0.39 is 65.8 Å². The minimum absolute atomic E-state index is 0.451. The van der Waals surface area contributed by atoms with E-state index in [0.717, 1.165) is 6.20 Å². The predicted molar refractivity (Wildman–Crippen MR) is 89.3 cm³/mol. The topological polar surface area (TPSA) is 277 Å². The normalized spacial score (nSPS) is 24.5. The average molecular weight is 497 g/mol. The molecule has 0 saturated carbocycles. The number of aromatic amines is 2. The number of phosphoric acid groups is 2. The molecule has 19 nitrogen and oxygen atoms in total. The maximum Gasteiger partial charge on any atom is 0.740 e. The Morgan fingerprint density at radius 3 is 2.53 bits per heavy atom. The summed E-state index contributed by atoms with van der Waals surface area (Å²) in [7, 11) is -14.2. The number of nitrogens with zero attached hydrogens (tertiary/aromatic N) is 2. The van der Waals surface area contributed by atoms with Crippen molar-refractivity contribution in [3.05, 3.63) is 31.9 Å². The SMILES string of the molecule is O=NC1C(COP(=O)(O)O[P+](=O)OOP(=O)(O)O)ON(c2c[nH]c(=O)[nH]c2=O)C1O. The Kier molecular flexibility index (Phi) is 7.86. The van der Waals surface area contributed by atoms with E-state index in [2.05, 4.69) is 28.3 Å². The smallest absolute Gasteiger partial charge is 0.369 e. The number of nitroso groups, excluding NO2 is 1. The summed E-state index contributed by atoms with van der Waals surface area (Å²) in [5.41, 5.74) is -2.34. The first kappa shape index (κ1) is 24.5. The van der Waals surface area contributed by atoms with Crippen LogP contribution in [0, 0.1) is 4.91 Å². The molecule has 1 aliphatic rings. The van der Waals surface area contributed by atoms with Crippen LogP contribution in [0.5, 0.6) is 0 Å². The van der Waals surface area contributed by atoms with Gasteiger partial charge in [0.05, 0.1) is 11.3 Å². The number of H-pyrrole nitrogens is 2. The van der Waals surface area contributed by atoms with Gasteiger partial charge < -0.3 is 19.9 Å². The van der Waals surface area contributed by atoms with E-state index in [1.807, 2.05) is 4.98 Å². The molecule has 0 aliphatic carbocycles.